The summed E-state index contributed by atoms with van der Waals surface area (Å²) >= 11 is 0. The fourth-order valence-corrected chi connectivity index (χ4v) is 2.91. The van der Waals surface area contributed by atoms with Crippen molar-refractivity contribution in [2.75, 3.05) is 31.6 Å². The number of rotatable bonds is 4. The van der Waals surface area contributed by atoms with E-state index in [-0.39, 0.29) is 6.04 Å². The van der Waals surface area contributed by atoms with Gasteiger partial charge in [0.05, 0.1) is 0 Å². The Hall–Kier alpha value is -1.06. The van der Waals surface area contributed by atoms with Crippen LogP contribution in [0.3, 0.4) is 0 Å². The summed E-state index contributed by atoms with van der Waals surface area (Å²) in [6.45, 7) is 7.77. The second-order valence-electron chi connectivity index (χ2n) is 5.56. The summed E-state index contributed by atoms with van der Waals surface area (Å²) in [7, 11) is 2.23. The van der Waals surface area contributed by atoms with E-state index in [1.807, 2.05) is 0 Å². The third-order valence-corrected chi connectivity index (χ3v) is 4.37. The first-order valence-corrected chi connectivity index (χ1v) is 7.47. The molecular formula is C16H27N3. The zero-order valence-electron chi connectivity index (χ0n) is 12.5. The molecule has 1 aliphatic rings. The van der Waals surface area contributed by atoms with Crippen LogP contribution in [0.5, 0.6) is 0 Å². The average molecular weight is 261 g/mol. The van der Waals surface area contributed by atoms with Crippen LogP contribution in [-0.2, 0) is 0 Å². The van der Waals surface area contributed by atoms with Crippen LogP contribution >= 0.6 is 0 Å². The second kappa shape index (κ2) is 6.40. The van der Waals surface area contributed by atoms with Crippen molar-refractivity contribution < 1.29 is 0 Å². The Balaban J connectivity index is 2.22. The lowest BCUT2D eigenvalue weighted by atomic mass is 10.0. The molecule has 1 fully saturated rings. The molecule has 2 N–H and O–H groups in total. The molecule has 2 atom stereocenters. The van der Waals surface area contributed by atoms with Gasteiger partial charge in [-0.25, -0.2) is 0 Å². The zero-order chi connectivity index (χ0) is 13.8. The van der Waals surface area contributed by atoms with E-state index in [4.69, 9.17) is 5.73 Å². The van der Waals surface area contributed by atoms with E-state index < -0.39 is 0 Å². The summed E-state index contributed by atoms with van der Waals surface area (Å²) in [5.41, 5.74) is 8.89. The molecule has 0 aliphatic carbocycles. The largest absolute Gasteiger partial charge is 0.368 e. The van der Waals surface area contributed by atoms with E-state index >= 15 is 0 Å². The lowest BCUT2D eigenvalue weighted by Gasteiger charge is -2.41. The molecule has 1 saturated heterocycles. The molecule has 19 heavy (non-hydrogen) atoms. The Morgan fingerprint density at radius 3 is 2.68 bits per heavy atom. The quantitative estimate of drug-likeness (QED) is 0.904. The lowest BCUT2D eigenvalue weighted by Crippen LogP contribution is -2.51. The molecule has 1 aliphatic heterocycles. The predicted molar refractivity (Wildman–Crippen MR) is 82.6 cm³/mol. The summed E-state index contributed by atoms with van der Waals surface area (Å²) in [5, 5.41) is 0. The van der Waals surface area contributed by atoms with Crippen molar-refractivity contribution in [3.05, 3.63) is 29.8 Å². The molecule has 3 nitrogen and oxygen atoms in total. The number of piperazine rings is 1. The molecule has 1 heterocycles. The Morgan fingerprint density at radius 1 is 1.26 bits per heavy atom. The maximum atomic E-state index is 6.26. The van der Waals surface area contributed by atoms with Gasteiger partial charge in [0.2, 0.25) is 0 Å². The van der Waals surface area contributed by atoms with Crippen molar-refractivity contribution in [3.63, 3.8) is 0 Å². The monoisotopic (exact) mass is 261 g/mol. The van der Waals surface area contributed by atoms with Gasteiger partial charge in [0, 0.05) is 37.4 Å². The van der Waals surface area contributed by atoms with Crippen molar-refractivity contribution in [1.82, 2.24) is 4.90 Å². The third-order valence-electron chi connectivity index (χ3n) is 4.37. The van der Waals surface area contributed by atoms with Crippen LogP contribution in [0, 0.1) is 0 Å². The summed E-state index contributed by atoms with van der Waals surface area (Å²) in [6, 6.07) is 9.43. The summed E-state index contributed by atoms with van der Waals surface area (Å²) in [4.78, 5) is 4.98. The number of benzene rings is 1. The maximum absolute atomic E-state index is 6.26. The molecule has 1 aromatic carbocycles. The molecular weight excluding hydrogens is 234 g/mol. The number of nitrogens with zero attached hydrogens (tertiary/aromatic N) is 2. The first-order chi connectivity index (χ1) is 9.17. The van der Waals surface area contributed by atoms with Gasteiger partial charge < -0.3 is 10.6 Å². The van der Waals surface area contributed by atoms with Crippen LogP contribution in [-0.4, -0.2) is 37.6 Å². The smallest absolute Gasteiger partial charge is 0.0415 e. The van der Waals surface area contributed by atoms with Crippen LogP contribution in [0.2, 0.25) is 0 Å². The number of anilines is 1. The highest BCUT2D eigenvalue weighted by Crippen LogP contribution is 2.28. The van der Waals surface area contributed by atoms with Gasteiger partial charge in [-0.05, 0) is 31.5 Å². The zero-order valence-corrected chi connectivity index (χ0v) is 12.5. The van der Waals surface area contributed by atoms with Gasteiger partial charge in [-0.15, -0.1) is 0 Å². The van der Waals surface area contributed by atoms with E-state index in [2.05, 4.69) is 55.0 Å². The van der Waals surface area contributed by atoms with Crippen LogP contribution in [0.1, 0.15) is 38.3 Å². The fourth-order valence-electron chi connectivity index (χ4n) is 2.91. The first kappa shape index (κ1) is 14.4. The Labute approximate surface area is 117 Å². The van der Waals surface area contributed by atoms with E-state index in [9.17, 15) is 0 Å². The van der Waals surface area contributed by atoms with Crippen molar-refractivity contribution in [1.29, 1.82) is 0 Å². The number of para-hydroxylation sites is 1. The van der Waals surface area contributed by atoms with Gasteiger partial charge in [-0.3, -0.25) is 4.90 Å². The van der Waals surface area contributed by atoms with Crippen LogP contribution in [0.15, 0.2) is 24.3 Å². The first-order valence-electron chi connectivity index (χ1n) is 7.47. The molecule has 0 saturated carbocycles. The number of likely N-dealkylation sites (N-methyl/N-ethyl adjacent to an activating group) is 1. The fraction of sp³-hybridized carbons (Fsp3) is 0.625. The molecule has 2 unspecified atom stereocenters. The standard InChI is InChI=1S/C16H27N3/c1-4-13-12-19(11-10-18(13)3)16-9-7-6-8-14(16)15(17)5-2/h6-9,13,15H,4-5,10-12,17H2,1-3H3. The van der Waals surface area contributed by atoms with E-state index in [1.165, 1.54) is 17.7 Å². The maximum Gasteiger partial charge on any atom is 0.0415 e. The molecule has 0 aromatic heterocycles. The van der Waals surface area contributed by atoms with Gasteiger partial charge in [0.1, 0.15) is 0 Å². The molecule has 0 amide bonds. The number of hydrogen-bond donors (Lipinski definition) is 1. The number of nitrogens with two attached hydrogens (primary N) is 1. The lowest BCUT2D eigenvalue weighted by molar-refractivity contribution is 0.213. The predicted octanol–water partition coefficient (Wildman–Crippen LogP) is 2.63. The van der Waals surface area contributed by atoms with Gasteiger partial charge in [-0.1, -0.05) is 32.0 Å². The number of hydrogen-bond acceptors (Lipinski definition) is 3. The van der Waals surface area contributed by atoms with Crippen LogP contribution in [0.4, 0.5) is 5.69 Å². The third kappa shape index (κ3) is 3.10. The molecule has 1 aromatic rings. The van der Waals surface area contributed by atoms with Crippen LogP contribution < -0.4 is 10.6 Å². The highest BCUT2D eigenvalue weighted by Gasteiger charge is 2.24. The topological polar surface area (TPSA) is 32.5 Å². The summed E-state index contributed by atoms with van der Waals surface area (Å²) in [6.07, 6.45) is 2.19. The van der Waals surface area contributed by atoms with E-state index in [0.29, 0.717) is 6.04 Å². The molecule has 0 spiro atoms. The van der Waals surface area contributed by atoms with E-state index in [0.717, 1.165) is 26.1 Å². The Kier molecular flexibility index (Phi) is 4.83. The van der Waals surface area contributed by atoms with Gasteiger partial charge in [-0.2, -0.15) is 0 Å². The molecule has 0 radical (unpaired) electrons. The summed E-state index contributed by atoms with van der Waals surface area (Å²) in [5.74, 6) is 0. The second-order valence-corrected chi connectivity index (χ2v) is 5.56. The SMILES string of the molecule is CCC(N)c1ccccc1N1CCN(C)C(CC)C1. The molecule has 0 bridgehead atoms. The van der Waals surface area contributed by atoms with Gasteiger partial charge >= 0.3 is 0 Å². The average Bonchev–Trinajstić information content (AvgIpc) is 2.47. The Bertz CT molecular complexity index is 405. The normalized spacial score (nSPS) is 22.5. The van der Waals surface area contributed by atoms with Gasteiger partial charge in [0.25, 0.3) is 0 Å². The van der Waals surface area contributed by atoms with Crippen LogP contribution in [0.25, 0.3) is 0 Å². The summed E-state index contributed by atoms with van der Waals surface area (Å²) < 4.78 is 0. The highest BCUT2D eigenvalue weighted by molar-refractivity contribution is 5.55. The van der Waals surface area contributed by atoms with E-state index in [1.54, 1.807) is 0 Å². The van der Waals surface area contributed by atoms with Crippen molar-refractivity contribution in [2.45, 2.75) is 38.8 Å². The minimum absolute atomic E-state index is 0.149. The van der Waals surface area contributed by atoms with Crippen molar-refractivity contribution in [3.8, 4) is 0 Å². The minimum atomic E-state index is 0.149. The Morgan fingerprint density at radius 2 is 2.00 bits per heavy atom. The van der Waals surface area contributed by atoms with Crippen molar-refractivity contribution >= 4 is 5.69 Å². The molecule has 106 valence electrons. The molecule has 3 heteroatoms. The minimum Gasteiger partial charge on any atom is -0.368 e. The highest BCUT2D eigenvalue weighted by atomic mass is 15.3. The van der Waals surface area contributed by atoms with Crippen molar-refractivity contribution in [2.24, 2.45) is 5.73 Å². The molecule has 2 rings (SSSR count). The van der Waals surface area contributed by atoms with Gasteiger partial charge in [0.15, 0.2) is 0 Å².